The van der Waals surface area contributed by atoms with E-state index in [4.69, 9.17) is 4.74 Å². The lowest BCUT2D eigenvalue weighted by molar-refractivity contribution is 0.211. The van der Waals surface area contributed by atoms with Gasteiger partial charge in [0.1, 0.15) is 10.5 Å². The monoisotopic (exact) mass is 290 g/mol. The summed E-state index contributed by atoms with van der Waals surface area (Å²) in [4.78, 5) is 0. The highest BCUT2D eigenvalue weighted by molar-refractivity contribution is 7.15. The van der Waals surface area contributed by atoms with Crippen LogP contribution < -0.4 is 5.32 Å². The molecule has 0 atom stereocenters. The van der Waals surface area contributed by atoms with Gasteiger partial charge in [-0.05, 0) is 12.1 Å². The molecule has 0 fully saturated rings. The number of anilines is 1. The highest BCUT2D eigenvalue weighted by Gasteiger charge is 2.08. The minimum atomic E-state index is 0.574. The van der Waals surface area contributed by atoms with Gasteiger partial charge in [-0.15, -0.1) is 15.3 Å². The molecule has 1 aromatic carbocycles. The van der Waals surface area contributed by atoms with E-state index in [1.165, 1.54) is 11.3 Å². The zero-order chi connectivity index (χ0) is 13.8. The quantitative estimate of drug-likeness (QED) is 0.691. The summed E-state index contributed by atoms with van der Waals surface area (Å²) in [6, 6.07) is 7.86. The first-order valence-corrected chi connectivity index (χ1v) is 7.02. The first-order chi connectivity index (χ1) is 9.86. The van der Waals surface area contributed by atoms with Gasteiger partial charge in [-0.1, -0.05) is 28.7 Å². The van der Waals surface area contributed by atoms with E-state index in [9.17, 15) is 0 Å². The van der Waals surface area contributed by atoms with Crippen molar-refractivity contribution in [3.05, 3.63) is 29.3 Å². The average Bonchev–Trinajstić information content (AvgIpc) is 3.08. The molecule has 0 aliphatic carbocycles. The van der Waals surface area contributed by atoms with Crippen LogP contribution in [0, 0.1) is 0 Å². The molecule has 0 aliphatic heterocycles. The van der Waals surface area contributed by atoms with Crippen LogP contribution in [0.1, 0.15) is 5.01 Å². The second-order valence-electron chi connectivity index (χ2n) is 4.16. The van der Waals surface area contributed by atoms with Crippen molar-refractivity contribution in [1.29, 1.82) is 0 Å². The van der Waals surface area contributed by atoms with Crippen molar-refractivity contribution in [1.82, 2.24) is 25.2 Å². The number of benzene rings is 1. The summed E-state index contributed by atoms with van der Waals surface area (Å²) in [7, 11) is 1.67. The number of fused-ring (bicyclic) bond motifs is 1. The summed E-state index contributed by atoms with van der Waals surface area (Å²) in [5.41, 5.74) is 1.88. The molecule has 2 aromatic heterocycles. The van der Waals surface area contributed by atoms with E-state index in [1.807, 2.05) is 28.9 Å². The SMILES string of the molecule is COCCNc1nnc(Cn2nnc3ccccc32)s1. The van der Waals surface area contributed by atoms with Crippen LogP contribution in [0.3, 0.4) is 0 Å². The molecule has 0 unspecified atom stereocenters. The van der Waals surface area contributed by atoms with Crippen molar-refractivity contribution < 1.29 is 4.74 Å². The molecule has 0 saturated carbocycles. The highest BCUT2D eigenvalue weighted by Crippen LogP contribution is 2.17. The molecular weight excluding hydrogens is 276 g/mol. The lowest BCUT2D eigenvalue weighted by Crippen LogP contribution is -2.06. The van der Waals surface area contributed by atoms with Crippen LogP contribution in [-0.4, -0.2) is 45.5 Å². The summed E-state index contributed by atoms with van der Waals surface area (Å²) < 4.78 is 6.80. The molecule has 3 rings (SSSR count). The molecule has 1 N–H and O–H groups in total. The summed E-state index contributed by atoms with van der Waals surface area (Å²) >= 11 is 1.51. The van der Waals surface area contributed by atoms with Gasteiger partial charge in [0.25, 0.3) is 0 Å². The maximum absolute atomic E-state index is 4.98. The van der Waals surface area contributed by atoms with E-state index < -0.39 is 0 Å². The Morgan fingerprint density at radius 3 is 3.05 bits per heavy atom. The fourth-order valence-electron chi connectivity index (χ4n) is 1.81. The van der Waals surface area contributed by atoms with Crippen molar-refractivity contribution >= 4 is 27.5 Å². The predicted molar refractivity (Wildman–Crippen MR) is 76.9 cm³/mol. The molecule has 2 heterocycles. The first kappa shape index (κ1) is 12.9. The Morgan fingerprint density at radius 2 is 2.15 bits per heavy atom. The van der Waals surface area contributed by atoms with Gasteiger partial charge in [-0.3, -0.25) is 0 Å². The second kappa shape index (κ2) is 5.93. The van der Waals surface area contributed by atoms with Gasteiger partial charge in [0.2, 0.25) is 5.13 Å². The molecule has 0 saturated heterocycles. The molecule has 0 radical (unpaired) electrons. The van der Waals surface area contributed by atoms with Crippen LogP contribution >= 0.6 is 11.3 Å². The van der Waals surface area contributed by atoms with Gasteiger partial charge in [0.15, 0.2) is 0 Å². The molecule has 0 amide bonds. The zero-order valence-corrected chi connectivity index (χ0v) is 11.8. The first-order valence-electron chi connectivity index (χ1n) is 6.20. The number of nitrogens with one attached hydrogen (secondary N) is 1. The van der Waals surface area contributed by atoms with E-state index in [0.717, 1.165) is 27.7 Å². The number of aromatic nitrogens is 5. The number of hydrogen-bond acceptors (Lipinski definition) is 7. The Kier molecular flexibility index (Phi) is 3.84. The number of rotatable bonds is 6. The number of ether oxygens (including phenoxy) is 1. The number of methoxy groups -OCH3 is 1. The second-order valence-corrected chi connectivity index (χ2v) is 5.22. The fourth-order valence-corrected chi connectivity index (χ4v) is 2.56. The molecule has 7 nitrogen and oxygen atoms in total. The number of para-hydroxylation sites is 1. The lowest BCUT2D eigenvalue weighted by atomic mass is 10.3. The van der Waals surface area contributed by atoms with E-state index in [2.05, 4.69) is 25.8 Å². The summed E-state index contributed by atoms with van der Waals surface area (Å²) in [5, 5.41) is 21.3. The van der Waals surface area contributed by atoms with Crippen molar-refractivity contribution in [2.75, 3.05) is 25.6 Å². The van der Waals surface area contributed by atoms with Crippen molar-refractivity contribution in [2.45, 2.75) is 6.54 Å². The molecule has 20 heavy (non-hydrogen) atoms. The molecule has 0 aliphatic rings. The van der Waals surface area contributed by atoms with Crippen LogP contribution in [0.4, 0.5) is 5.13 Å². The third-order valence-electron chi connectivity index (χ3n) is 2.75. The molecule has 0 bridgehead atoms. The molecule has 8 heteroatoms. The van der Waals surface area contributed by atoms with Crippen LogP contribution in [0.25, 0.3) is 11.0 Å². The largest absolute Gasteiger partial charge is 0.383 e. The van der Waals surface area contributed by atoms with E-state index in [0.29, 0.717) is 13.2 Å². The standard InChI is InChI=1S/C12H14N6OS/c1-19-7-6-13-12-16-15-11(20-12)8-18-10-5-3-2-4-9(10)14-17-18/h2-5H,6-8H2,1H3,(H,13,16). The minimum absolute atomic E-state index is 0.574. The summed E-state index contributed by atoms with van der Waals surface area (Å²) in [6.07, 6.45) is 0. The zero-order valence-electron chi connectivity index (χ0n) is 11.0. The number of nitrogens with zero attached hydrogens (tertiary/aromatic N) is 5. The van der Waals surface area contributed by atoms with Gasteiger partial charge < -0.3 is 10.1 Å². The van der Waals surface area contributed by atoms with Crippen LogP contribution in [-0.2, 0) is 11.3 Å². The third kappa shape index (κ3) is 2.75. The predicted octanol–water partition coefficient (Wildman–Crippen LogP) is 1.39. The Balaban J connectivity index is 1.71. The van der Waals surface area contributed by atoms with E-state index >= 15 is 0 Å². The van der Waals surface area contributed by atoms with Crippen molar-refractivity contribution in [2.24, 2.45) is 0 Å². The van der Waals surface area contributed by atoms with E-state index in [-0.39, 0.29) is 0 Å². The van der Waals surface area contributed by atoms with Gasteiger partial charge in [-0.25, -0.2) is 4.68 Å². The van der Waals surface area contributed by atoms with Crippen LogP contribution in [0.5, 0.6) is 0 Å². The smallest absolute Gasteiger partial charge is 0.205 e. The minimum Gasteiger partial charge on any atom is -0.383 e. The Bertz CT molecular complexity index is 694. The van der Waals surface area contributed by atoms with Gasteiger partial charge in [0, 0.05) is 13.7 Å². The van der Waals surface area contributed by atoms with Crippen LogP contribution in [0.2, 0.25) is 0 Å². The Labute approximate surface area is 119 Å². The Hall–Kier alpha value is -2.06. The van der Waals surface area contributed by atoms with E-state index in [1.54, 1.807) is 7.11 Å². The maximum Gasteiger partial charge on any atom is 0.205 e. The van der Waals surface area contributed by atoms with Crippen molar-refractivity contribution in [3.8, 4) is 0 Å². The summed E-state index contributed by atoms with van der Waals surface area (Å²) in [6.45, 7) is 1.93. The Morgan fingerprint density at radius 1 is 1.25 bits per heavy atom. The van der Waals surface area contributed by atoms with Gasteiger partial charge >= 0.3 is 0 Å². The fraction of sp³-hybridized carbons (Fsp3) is 0.333. The third-order valence-corrected chi connectivity index (χ3v) is 3.62. The van der Waals surface area contributed by atoms with Crippen molar-refractivity contribution in [3.63, 3.8) is 0 Å². The average molecular weight is 290 g/mol. The molecule has 3 aromatic rings. The topological polar surface area (TPSA) is 77.8 Å². The lowest BCUT2D eigenvalue weighted by Gasteiger charge is -1.99. The molecule has 104 valence electrons. The van der Waals surface area contributed by atoms with Gasteiger partial charge in [-0.2, -0.15) is 0 Å². The van der Waals surface area contributed by atoms with Gasteiger partial charge in [0.05, 0.1) is 18.7 Å². The maximum atomic E-state index is 4.98. The number of hydrogen-bond donors (Lipinski definition) is 1. The normalized spacial score (nSPS) is 11.1. The molecular formula is C12H14N6OS. The summed E-state index contributed by atoms with van der Waals surface area (Å²) in [5.74, 6) is 0. The molecule has 0 spiro atoms. The van der Waals surface area contributed by atoms with Crippen LogP contribution in [0.15, 0.2) is 24.3 Å². The highest BCUT2D eigenvalue weighted by atomic mass is 32.1.